The van der Waals surface area contributed by atoms with Crippen molar-refractivity contribution in [2.45, 2.75) is 19.9 Å². The summed E-state index contributed by atoms with van der Waals surface area (Å²) in [5, 5.41) is 11.8. The van der Waals surface area contributed by atoms with E-state index < -0.39 is 17.7 Å². The van der Waals surface area contributed by atoms with E-state index in [0.717, 1.165) is 4.70 Å². The van der Waals surface area contributed by atoms with Crippen molar-refractivity contribution in [2.75, 3.05) is 25.2 Å². The van der Waals surface area contributed by atoms with Gasteiger partial charge in [-0.25, -0.2) is 4.98 Å². The molecule has 4 aromatic rings. The van der Waals surface area contributed by atoms with Gasteiger partial charge >= 0.3 is 5.91 Å². The first kappa shape index (κ1) is 25.3. The number of methoxy groups -OCH3 is 1. The van der Waals surface area contributed by atoms with Crippen LogP contribution in [0.15, 0.2) is 72.3 Å². The summed E-state index contributed by atoms with van der Waals surface area (Å²) in [6.45, 7) is 4.70. The lowest BCUT2D eigenvalue weighted by molar-refractivity contribution is -0.132. The maximum Gasteiger partial charge on any atom is 0.301 e. The molecule has 1 atom stereocenters. The van der Waals surface area contributed by atoms with Crippen LogP contribution in [-0.2, 0) is 9.59 Å². The molecule has 1 saturated heterocycles. The van der Waals surface area contributed by atoms with Crippen molar-refractivity contribution >= 4 is 44.1 Å². The number of carbonyl (C=O) groups excluding carboxylic acids is 2. The number of ether oxygens (including phenoxy) is 3. The van der Waals surface area contributed by atoms with Crippen LogP contribution in [0.3, 0.4) is 0 Å². The number of hydrogen-bond donors (Lipinski definition) is 1. The van der Waals surface area contributed by atoms with Crippen LogP contribution < -0.4 is 19.1 Å². The molecule has 1 fully saturated rings. The highest BCUT2D eigenvalue weighted by Gasteiger charge is 2.48. The van der Waals surface area contributed by atoms with E-state index in [2.05, 4.69) is 4.98 Å². The van der Waals surface area contributed by atoms with E-state index in [1.165, 1.54) is 16.2 Å². The second kappa shape index (κ2) is 10.5. The summed E-state index contributed by atoms with van der Waals surface area (Å²) in [5.41, 5.74) is 1.65. The molecule has 8 nitrogen and oxygen atoms in total. The molecule has 0 spiro atoms. The van der Waals surface area contributed by atoms with Crippen molar-refractivity contribution in [2.24, 2.45) is 0 Å². The number of aromatic nitrogens is 1. The summed E-state index contributed by atoms with van der Waals surface area (Å²) in [4.78, 5) is 33.0. The van der Waals surface area contributed by atoms with Crippen LogP contribution >= 0.6 is 11.3 Å². The van der Waals surface area contributed by atoms with Crippen molar-refractivity contribution in [3.8, 4) is 17.2 Å². The van der Waals surface area contributed by atoms with E-state index in [1.807, 2.05) is 19.9 Å². The highest BCUT2D eigenvalue weighted by Crippen LogP contribution is 2.45. The molecule has 194 valence electrons. The SMILES string of the molecule is CCOc1ccc(C2/C(=C(\O)c3cccc(OCC)c3)C(=O)C(=O)N2c2nc3ccc(OC)cc3s2)cc1. The molecule has 0 saturated carbocycles. The van der Waals surface area contributed by atoms with Gasteiger partial charge in [0.15, 0.2) is 5.13 Å². The second-order valence-corrected chi connectivity index (χ2v) is 9.47. The smallest absolute Gasteiger partial charge is 0.301 e. The summed E-state index contributed by atoms with van der Waals surface area (Å²) in [6, 6.07) is 18.4. The molecule has 1 unspecified atom stereocenters. The maximum absolute atomic E-state index is 13.5. The third-order valence-corrected chi connectivity index (χ3v) is 7.18. The molecule has 9 heteroatoms. The second-order valence-electron chi connectivity index (χ2n) is 8.46. The first-order valence-electron chi connectivity index (χ1n) is 12.2. The topological polar surface area (TPSA) is 98.2 Å². The van der Waals surface area contributed by atoms with Crippen molar-refractivity contribution in [1.29, 1.82) is 0 Å². The molecule has 0 bridgehead atoms. The molecular weight excluding hydrogens is 504 g/mol. The van der Waals surface area contributed by atoms with Crippen LogP contribution in [0.5, 0.6) is 17.2 Å². The molecule has 1 aromatic heterocycles. The molecule has 1 aliphatic heterocycles. The fourth-order valence-electron chi connectivity index (χ4n) is 4.44. The van der Waals surface area contributed by atoms with Crippen molar-refractivity contribution in [1.82, 2.24) is 4.98 Å². The van der Waals surface area contributed by atoms with E-state index in [4.69, 9.17) is 14.2 Å². The molecule has 38 heavy (non-hydrogen) atoms. The van der Waals surface area contributed by atoms with Gasteiger partial charge in [-0.1, -0.05) is 35.6 Å². The Hall–Kier alpha value is -4.37. The van der Waals surface area contributed by atoms with Crippen LogP contribution in [0.25, 0.3) is 16.0 Å². The van der Waals surface area contributed by atoms with Crippen molar-refractivity contribution in [3.63, 3.8) is 0 Å². The Morgan fingerprint density at radius 3 is 2.37 bits per heavy atom. The zero-order valence-electron chi connectivity index (χ0n) is 21.1. The fraction of sp³-hybridized carbons (Fsp3) is 0.207. The van der Waals surface area contributed by atoms with Crippen molar-refractivity contribution < 1.29 is 28.9 Å². The Morgan fingerprint density at radius 1 is 0.947 bits per heavy atom. The van der Waals surface area contributed by atoms with Gasteiger partial charge in [0, 0.05) is 5.56 Å². The minimum absolute atomic E-state index is 0.0235. The van der Waals surface area contributed by atoms with Gasteiger partial charge in [-0.05, 0) is 61.9 Å². The molecule has 1 aliphatic rings. The predicted molar refractivity (Wildman–Crippen MR) is 146 cm³/mol. The van der Waals surface area contributed by atoms with Crippen LogP contribution in [0.1, 0.15) is 31.0 Å². The molecule has 0 aliphatic carbocycles. The number of Topliss-reactive ketones (excluding diaryl/α,β-unsaturated/α-hetero) is 1. The first-order valence-corrected chi connectivity index (χ1v) is 13.0. The largest absolute Gasteiger partial charge is 0.507 e. The zero-order chi connectivity index (χ0) is 26.8. The number of ketones is 1. The summed E-state index contributed by atoms with van der Waals surface area (Å²) < 4.78 is 17.3. The quantitative estimate of drug-likeness (QED) is 0.177. The monoisotopic (exact) mass is 530 g/mol. The molecule has 5 rings (SSSR count). The van der Waals surface area contributed by atoms with Gasteiger partial charge in [0.2, 0.25) is 0 Å². The lowest BCUT2D eigenvalue weighted by Crippen LogP contribution is -2.29. The molecule has 3 aromatic carbocycles. The Labute approximate surface area is 223 Å². The Morgan fingerprint density at radius 2 is 1.66 bits per heavy atom. The first-order chi connectivity index (χ1) is 18.4. The lowest BCUT2D eigenvalue weighted by Gasteiger charge is -2.23. The Balaban J connectivity index is 1.68. The van der Waals surface area contributed by atoms with E-state index in [9.17, 15) is 14.7 Å². The number of thiazole rings is 1. The molecule has 2 heterocycles. The standard InChI is InChI=1S/C29H26N2O6S/c1-4-36-19-11-9-17(10-12-19)25-24(26(32)18-7-6-8-21(15-18)37-5-2)27(33)28(34)31(25)29-30-22-14-13-20(35-3)16-23(22)38-29/h6-16,25,32H,4-5H2,1-3H3/b26-24+. The summed E-state index contributed by atoms with van der Waals surface area (Å²) in [7, 11) is 1.58. The number of rotatable bonds is 8. The minimum Gasteiger partial charge on any atom is -0.507 e. The molecule has 1 N–H and O–H groups in total. The third-order valence-electron chi connectivity index (χ3n) is 6.16. The number of anilines is 1. The van der Waals surface area contributed by atoms with Gasteiger partial charge in [-0.3, -0.25) is 14.5 Å². The summed E-state index contributed by atoms with van der Waals surface area (Å²) >= 11 is 1.27. The predicted octanol–water partition coefficient (Wildman–Crippen LogP) is 5.73. The van der Waals surface area contributed by atoms with Crippen LogP contribution in [-0.4, -0.2) is 42.1 Å². The highest BCUT2D eigenvalue weighted by molar-refractivity contribution is 7.22. The molecule has 1 amide bonds. The van der Waals surface area contributed by atoms with E-state index in [-0.39, 0.29) is 11.3 Å². The summed E-state index contributed by atoms with van der Waals surface area (Å²) in [6.07, 6.45) is 0. The van der Waals surface area contributed by atoms with Gasteiger partial charge in [0.25, 0.3) is 5.78 Å². The number of aliphatic hydroxyl groups is 1. The minimum atomic E-state index is -0.899. The number of hydrogen-bond acceptors (Lipinski definition) is 8. The molecule has 0 radical (unpaired) electrons. The highest BCUT2D eigenvalue weighted by atomic mass is 32.1. The Kier molecular flexibility index (Phi) is 7.02. The third kappa shape index (κ3) is 4.56. The zero-order valence-corrected chi connectivity index (χ0v) is 22.0. The normalized spacial score (nSPS) is 16.7. The van der Waals surface area contributed by atoms with Crippen molar-refractivity contribution in [3.05, 3.63) is 83.4 Å². The lowest BCUT2D eigenvalue weighted by atomic mass is 9.95. The van der Waals surface area contributed by atoms with E-state index in [1.54, 1.807) is 67.8 Å². The average Bonchev–Trinajstić information content (AvgIpc) is 3.46. The van der Waals surface area contributed by atoms with E-state index in [0.29, 0.717) is 52.2 Å². The van der Waals surface area contributed by atoms with E-state index >= 15 is 0 Å². The van der Waals surface area contributed by atoms with Crippen LogP contribution in [0, 0.1) is 0 Å². The number of aliphatic hydroxyl groups excluding tert-OH is 1. The number of amides is 1. The number of carbonyl (C=O) groups is 2. The summed E-state index contributed by atoms with van der Waals surface area (Å²) in [5.74, 6) is 0.0201. The Bertz CT molecular complexity index is 1540. The van der Waals surface area contributed by atoms with Gasteiger partial charge < -0.3 is 19.3 Å². The van der Waals surface area contributed by atoms with Crippen LogP contribution in [0.2, 0.25) is 0 Å². The van der Waals surface area contributed by atoms with Gasteiger partial charge in [0.1, 0.15) is 23.0 Å². The number of nitrogens with zero attached hydrogens (tertiary/aromatic N) is 2. The van der Waals surface area contributed by atoms with Gasteiger partial charge in [-0.15, -0.1) is 0 Å². The maximum atomic E-state index is 13.5. The average molecular weight is 531 g/mol. The number of benzene rings is 3. The fourth-order valence-corrected chi connectivity index (χ4v) is 5.46. The van der Waals surface area contributed by atoms with Gasteiger partial charge in [-0.2, -0.15) is 0 Å². The van der Waals surface area contributed by atoms with Gasteiger partial charge in [0.05, 0.1) is 42.2 Å². The van der Waals surface area contributed by atoms with Crippen LogP contribution in [0.4, 0.5) is 5.13 Å². The molecular formula is C29H26N2O6S. The number of fused-ring (bicyclic) bond motifs is 1.